The van der Waals surface area contributed by atoms with Gasteiger partial charge in [-0.2, -0.15) is 0 Å². The summed E-state index contributed by atoms with van der Waals surface area (Å²) in [6.07, 6.45) is 0. The SMILES string of the molecule is c1ccc(C2(c3ccccc3)c3ccccc3-c3c2ccc2c3-c3ccccc3C23c2ccccc2-c2c3ccc3c2-c2ccccc2C3(c2ccccc2)c2ccccc2)cc1. The third-order valence-corrected chi connectivity index (χ3v) is 15.3. The summed E-state index contributed by atoms with van der Waals surface area (Å²) in [6.45, 7) is 0. The molecule has 0 aromatic heterocycles. The van der Waals surface area contributed by atoms with Crippen molar-refractivity contribution in [1.82, 2.24) is 0 Å². The molecule has 0 aliphatic heterocycles. The molecule has 0 atom stereocenters. The highest BCUT2D eigenvalue weighted by Gasteiger charge is 2.57. The first-order valence-corrected chi connectivity index (χ1v) is 22.3. The molecule has 0 heteroatoms. The Bertz CT molecular complexity index is 3170. The maximum absolute atomic E-state index is 2.52. The molecule has 292 valence electrons. The van der Waals surface area contributed by atoms with Gasteiger partial charge in [0.2, 0.25) is 0 Å². The maximum atomic E-state index is 2.52. The maximum Gasteiger partial charge on any atom is 0.0725 e. The third kappa shape index (κ3) is 4.08. The fourth-order valence-corrected chi connectivity index (χ4v) is 13.2. The smallest absolute Gasteiger partial charge is 0.0622 e. The van der Waals surface area contributed by atoms with Crippen LogP contribution in [0.15, 0.2) is 243 Å². The first-order chi connectivity index (χ1) is 31.3. The summed E-state index contributed by atoms with van der Waals surface area (Å²) in [7, 11) is 0. The molecular formula is C63H40. The molecule has 63 heavy (non-hydrogen) atoms. The Balaban J connectivity index is 1.12. The van der Waals surface area contributed by atoms with E-state index in [1.807, 2.05) is 0 Å². The summed E-state index contributed by atoms with van der Waals surface area (Å²) in [5.74, 6) is 0. The largest absolute Gasteiger partial charge is 0.0725 e. The molecule has 0 heterocycles. The highest BCUT2D eigenvalue weighted by atomic mass is 14.6. The number of hydrogen-bond acceptors (Lipinski definition) is 0. The van der Waals surface area contributed by atoms with Crippen LogP contribution >= 0.6 is 0 Å². The van der Waals surface area contributed by atoms with Gasteiger partial charge in [-0.15, -0.1) is 0 Å². The molecule has 0 saturated carbocycles. The Morgan fingerprint density at radius 2 is 0.365 bits per heavy atom. The van der Waals surface area contributed by atoms with Crippen molar-refractivity contribution in [1.29, 1.82) is 0 Å². The second-order valence-electron chi connectivity index (χ2n) is 17.7. The summed E-state index contributed by atoms with van der Waals surface area (Å²) in [4.78, 5) is 0. The van der Waals surface area contributed by atoms with Gasteiger partial charge in [-0.1, -0.05) is 243 Å². The van der Waals surface area contributed by atoms with Crippen molar-refractivity contribution in [2.45, 2.75) is 16.2 Å². The first kappa shape index (κ1) is 34.9. The Labute approximate surface area is 368 Å². The van der Waals surface area contributed by atoms with Gasteiger partial charge in [-0.05, 0) is 111 Å². The molecule has 0 amide bonds. The molecule has 0 fully saturated rings. The zero-order valence-electron chi connectivity index (χ0n) is 34.6. The van der Waals surface area contributed by atoms with Crippen LogP contribution in [0.25, 0.3) is 44.5 Å². The number of benzene rings is 10. The zero-order valence-corrected chi connectivity index (χ0v) is 34.6. The van der Waals surface area contributed by atoms with E-state index in [1.165, 1.54) is 111 Å². The van der Waals surface area contributed by atoms with Crippen molar-refractivity contribution in [2.24, 2.45) is 0 Å². The van der Waals surface area contributed by atoms with Gasteiger partial charge in [0, 0.05) is 0 Å². The van der Waals surface area contributed by atoms with E-state index in [0.29, 0.717) is 0 Å². The van der Waals surface area contributed by atoms with Crippen LogP contribution in [0.5, 0.6) is 0 Å². The van der Waals surface area contributed by atoms with Gasteiger partial charge < -0.3 is 0 Å². The second kappa shape index (κ2) is 12.6. The van der Waals surface area contributed by atoms with Crippen molar-refractivity contribution in [3.63, 3.8) is 0 Å². The van der Waals surface area contributed by atoms with Crippen molar-refractivity contribution in [3.8, 4) is 44.5 Å². The first-order valence-electron chi connectivity index (χ1n) is 22.3. The minimum Gasteiger partial charge on any atom is -0.0622 e. The lowest BCUT2D eigenvalue weighted by Crippen LogP contribution is -2.29. The average Bonchev–Trinajstić information content (AvgIpc) is 4.05. The van der Waals surface area contributed by atoms with Crippen molar-refractivity contribution in [3.05, 3.63) is 309 Å². The number of fused-ring (bicyclic) bond motifs is 18. The van der Waals surface area contributed by atoms with Crippen LogP contribution in [-0.4, -0.2) is 0 Å². The highest BCUT2D eigenvalue weighted by molar-refractivity contribution is 6.07. The van der Waals surface area contributed by atoms with Crippen molar-refractivity contribution in [2.75, 3.05) is 0 Å². The van der Waals surface area contributed by atoms with Gasteiger partial charge in [0.25, 0.3) is 0 Å². The van der Waals surface area contributed by atoms with E-state index in [-0.39, 0.29) is 0 Å². The summed E-state index contributed by atoms with van der Waals surface area (Å²) in [6, 6.07) is 91.9. The molecule has 0 saturated heterocycles. The molecule has 14 rings (SSSR count). The highest BCUT2D eigenvalue weighted by Crippen LogP contribution is 2.70. The molecule has 10 aromatic rings. The molecule has 0 bridgehead atoms. The van der Waals surface area contributed by atoms with E-state index in [4.69, 9.17) is 0 Å². The number of rotatable bonds is 4. The molecule has 4 aliphatic rings. The van der Waals surface area contributed by atoms with E-state index in [1.54, 1.807) is 0 Å². The Morgan fingerprint density at radius 1 is 0.159 bits per heavy atom. The fourth-order valence-electron chi connectivity index (χ4n) is 13.2. The van der Waals surface area contributed by atoms with Crippen LogP contribution in [0.1, 0.15) is 66.8 Å². The zero-order chi connectivity index (χ0) is 41.3. The molecular weight excluding hydrogens is 757 g/mol. The fraction of sp³-hybridized carbons (Fsp3) is 0.0476. The molecule has 4 aliphatic carbocycles. The Hall–Kier alpha value is -7.80. The Morgan fingerprint density at radius 3 is 0.635 bits per heavy atom. The van der Waals surface area contributed by atoms with Crippen LogP contribution in [0, 0.1) is 0 Å². The standard InChI is InChI=1S/C63H40/c1-5-21-41(22-6-1)61(42-23-7-2-8-24-42)49-33-17-13-29-45(49)57-53(61)37-39-55-59(57)47-31-15-19-35-51(47)63(55)52-36-20-16-32-48(52)60-56(63)40-38-54-58(60)46-30-14-18-34-50(46)62(54,43-25-9-3-10-26-43)44-27-11-4-12-28-44/h1-40H. The van der Waals surface area contributed by atoms with E-state index in [0.717, 1.165) is 0 Å². The summed E-state index contributed by atoms with van der Waals surface area (Å²) < 4.78 is 0. The van der Waals surface area contributed by atoms with Crippen molar-refractivity contribution < 1.29 is 0 Å². The molecule has 1 spiro atoms. The lowest BCUT2D eigenvalue weighted by molar-refractivity contribution is 0.760. The summed E-state index contributed by atoms with van der Waals surface area (Å²) in [5, 5.41) is 0. The minimum atomic E-state index is -0.526. The van der Waals surface area contributed by atoms with Gasteiger partial charge in [-0.3, -0.25) is 0 Å². The summed E-state index contributed by atoms with van der Waals surface area (Å²) in [5.41, 5.74) is 25.2. The molecule has 0 radical (unpaired) electrons. The predicted octanol–water partition coefficient (Wildman–Crippen LogP) is 14.8. The van der Waals surface area contributed by atoms with Gasteiger partial charge in [0.15, 0.2) is 0 Å². The number of hydrogen-bond donors (Lipinski definition) is 0. The molecule has 0 unspecified atom stereocenters. The van der Waals surface area contributed by atoms with Gasteiger partial charge in [-0.25, -0.2) is 0 Å². The van der Waals surface area contributed by atoms with Crippen LogP contribution in [-0.2, 0) is 16.2 Å². The van der Waals surface area contributed by atoms with E-state index in [2.05, 4.69) is 243 Å². The quantitative estimate of drug-likeness (QED) is 0.166. The third-order valence-electron chi connectivity index (χ3n) is 15.3. The molecule has 0 nitrogen and oxygen atoms in total. The van der Waals surface area contributed by atoms with Gasteiger partial charge >= 0.3 is 0 Å². The van der Waals surface area contributed by atoms with E-state index >= 15 is 0 Å². The van der Waals surface area contributed by atoms with Crippen LogP contribution in [0.2, 0.25) is 0 Å². The van der Waals surface area contributed by atoms with E-state index in [9.17, 15) is 0 Å². The van der Waals surface area contributed by atoms with E-state index < -0.39 is 16.2 Å². The average molecular weight is 797 g/mol. The molecule has 10 aromatic carbocycles. The molecule has 0 N–H and O–H groups in total. The minimum absolute atomic E-state index is 0.484. The second-order valence-corrected chi connectivity index (χ2v) is 17.7. The normalized spacial score (nSPS) is 15.4. The Kier molecular flexibility index (Phi) is 6.99. The lowest BCUT2D eigenvalue weighted by Gasteiger charge is -2.35. The topological polar surface area (TPSA) is 0 Å². The summed E-state index contributed by atoms with van der Waals surface area (Å²) >= 11 is 0. The van der Waals surface area contributed by atoms with Crippen LogP contribution in [0.3, 0.4) is 0 Å². The van der Waals surface area contributed by atoms with Crippen LogP contribution in [0.4, 0.5) is 0 Å². The van der Waals surface area contributed by atoms with Gasteiger partial charge in [0.1, 0.15) is 0 Å². The van der Waals surface area contributed by atoms with Crippen LogP contribution < -0.4 is 0 Å². The van der Waals surface area contributed by atoms with Gasteiger partial charge in [0.05, 0.1) is 16.2 Å². The predicted molar refractivity (Wildman–Crippen MR) is 257 cm³/mol. The van der Waals surface area contributed by atoms with Crippen molar-refractivity contribution >= 4 is 0 Å². The lowest BCUT2D eigenvalue weighted by atomic mass is 9.66. The monoisotopic (exact) mass is 796 g/mol.